The van der Waals surface area contributed by atoms with Crippen molar-refractivity contribution in [2.24, 2.45) is 28.9 Å². The fourth-order valence-corrected chi connectivity index (χ4v) is 6.89. The van der Waals surface area contributed by atoms with Crippen LogP contribution in [0.3, 0.4) is 0 Å². The second-order valence-electron chi connectivity index (χ2n) is 9.21. The molecule has 5 rings (SSSR count). The summed E-state index contributed by atoms with van der Waals surface area (Å²) in [5.74, 6) is 3.08. The van der Waals surface area contributed by atoms with E-state index in [1.165, 1.54) is 57.8 Å². The van der Waals surface area contributed by atoms with E-state index in [4.69, 9.17) is 5.73 Å². The van der Waals surface area contributed by atoms with Gasteiger partial charge in [0.05, 0.1) is 0 Å². The monoisotopic (exact) mass is 290 g/mol. The van der Waals surface area contributed by atoms with Crippen molar-refractivity contribution in [3.63, 3.8) is 0 Å². The van der Waals surface area contributed by atoms with Crippen LogP contribution in [0.15, 0.2) is 0 Å². The molecule has 2 heteroatoms. The van der Waals surface area contributed by atoms with E-state index in [1.807, 2.05) is 0 Å². The van der Waals surface area contributed by atoms with Gasteiger partial charge in [-0.25, -0.2) is 0 Å². The van der Waals surface area contributed by atoms with Gasteiger partial charge in [-0.3, -0.25) is 4.90 Å². The third-order valence-electron chi connectivity index (χ3n) is 7.66. The van der Waals surface area contributed by atoms with Crippen LogP contribution in [-0.4, -0.2) is 29.6 Å². The first-order valence-corrected chi connectivity index (χ1v) is 9.57. The lowest BCUT2D eigenvalue weighted by molar-refractivity contribution is -0.0762. The summed E-state index contributed by atoms with van der Waals surface area (Å²) in [5.41, 5.74) is 7.41. The highest BCUT2D eigenvalue weighted by Crippen LogP contribution is 2.61. The molecule has 1 aliphatic heterocycles. The predicted octanol–water partition coefficient (Wildman–Crippen LogP) is 3.79. The molecule has 0 aromatic rings. The molecule has 3 atom stereocenters. The van der Waals surface area contributed by atoms with E-state index in [0.717, 1.165) is 36.4 Å². The van der Waals surface area contributed by atoms with E-state index < -0.39 is 0 Å². The SMILES string of the molecule is C[C@@H]1CCC[C@H](C)N1CC(N)C12CC3CC(CC(C3)C1)C2. The summed E-state index contributed by atoms with van der Waals surface area (Å²) >= 11 is 0. The first-order chi connectivity index (χ1) is 10.1. The molecule has 5 aliphatic rings. The van der Waals surface area contributed by atoms with Crippen LogP contribution in [0.4, 0.5) is 0 Å². The number of hydrogen-bond acceptors (Lipinski definition) is 2. The van der Waals surface area contributed by atoms with Gasteiger partial charge in [0.1, 0.15) is 0 Å². The molecular formula is C19H34N2. The van der Waals surface area contributed by atoms with Crippen LogP contribution in [0.2, 0.25) is 0 Å². The Morgan fingerprint density at radius 3 is 1.90 bits per heavy atom. The zero-order valence-corrected chi connectivity index (χ0v) is 14.1. The number of hydrogen-bond donors (Lipinski definition) is 1. The maximum absolute atomic E-state index is 6.89. The number of rotatable bonds is 3. The van der Waals surface area contributed by atoms with Crippen molar-refractivity contribution in [1.29, 1.82) is 0 Å². The van der Waals surface area contributed by atoms with Gasteiger partial charge >= 0.3 is 0 Å². The largest absolute Gasteiger partial charge is 0.326 e. The Morgan fingerprint density at radius 2 is 1.43 bits per heavy atom. The number of likely N-dealkylation sites (tertiary alicyclic amines) is 1. The van der Waals surface area contributed by atoms with Crippen molar-refractivity contribution in [3.05, 3.63) is 0 Å². The molecule has 4 bridgehead atoms. The average molecular weight is 290 g/mol. The highest BCUT2D eigenvalue weighted by atomic mass is 15.2. The van der Waals surface area contributed by atoms with Crippen molar-refractivity contribution in [2.75, 3.05) is 6.54 Å². The molecule has 4 aliphatic carbocycles. The molecule has 1 unspecified atom stereocenters. The summed E-state index contributed by atoms with van der Waals surface area (Å²) in [6.07, 6.45) is 13.1. The Kier molecular flexibility index (Phi) is 3.61. The topological polar surface area (TPSA) is 29.3 Å². The lowest BCUT2D eigenvalue weighted by Crippen LogP contribution is -2.59. The van der Waals surface area contributed by atoms with Crippen LogP contribution in [0.1, 0.15) is 71.6 Å². The molecule has 0 aromatic heterocycles. The molecule has 0 spiro atoms. The van der Waals surface area contributed by atoms with Crippen molar-refractivity contribution >= 4 is 0 Å². The minimum absolute atomic E-state index is 0.425. The molecule has 1 saturated heterocycles. The van der Waals surface area contributed by atoms with Crippen molar-refractivity contribution in [3.8, 4) is 0 Å². The molecule has 2 nitrogen and oxygen atoms in total. The minimum atomic E-state index is 0.425. The molecule has 21 heavy (non-hydrogen) atoms. The van der Waals surface area contributed by atoms with E-state index in [-0.39, 0.29) is 0 Å². The number of nitrogens with two attached hydrogens (primary N) is 1. The van der Waals surface area contributed by atoms with E-state index >= 15 is 0 Å². The third-order valence-corrected chi connectivity index (χ3v) is 7.66. The van der Waals surface area contributed by atoms with Gasteiger partial charge in [-0.15, -0.1) is 0 Å². The van der Waals surface area contributed by atoms with Gasteiger partial charge in [-0.1, -0.05) is 6.42 Å². The first-order valence-electron chi connectivity index (χ1n) is 9.57. The second kappa shape index (κ2) is 5.23. The highest BCUT2D eigenvalue weighted by Gasteiger charge is 2.53. The van der Waals surface area contributed by atoms with Crippen LogP contribution < -0.4 is 5.73 Å². The molecule has 2 N–H and O–H groups in total. The van der Waals surface area contributed by atoms with Crippen LogP contribution in [0.5, 0.6) is 0 Å². The van der Waals surface area contributed by atoms with Gasteiger partial charge in [0.15, 0.2) is 0 Å². The molecular weight excluding hydrogens is 256 g/mol. The van der Waals surface area contributed by atoms with Gasteiger partial charge in [-0.05, 0) is 88.4 Å². The summed E-state index contributed by atoms with van der Waals surface area (Å²) in [4.78, 5) is 2.74. The van der Waals surface area contributed by atoms with E-state index in [1.54, 1.807) is 0 Å². The summed E-state index contributed by atoms with van der Waals surface area (Å²) in [6.45, 7) is 6.00. The molecule has 0 radical (unpaired) electrons. The third kappa shape index (κ3) is 2.47. The Morgan fingerprint density at radius 1 is 0.952 bits per heavy atom. The van der Waals surface area contributed by atoms with Gasteiger partial charge in [-0.2, -0.15) is 0 Å². The summed E-state index contributed by atoms with van der Waals surface area (Å²) in [7, 11) is 0. The Hall–Kier alpha value is -0.0800. The van der Waals surface area contributed by atoms with Crippen LogP contribution in [0.25, 0.3) is 0 Å². The maximum atomic E-state index is 6.89. The van der Waals surface area contributed by atoms with E-state index in [9.17, 15) is 0 Å². The Labute approximate surface area is 130 Å². The van der Waals surface area contributed by atoms with Crippen molar-refractivity contribution < 1.29 is 0 Å². The van der Waals surface area contributed by atoms with Crippen LogP contribution in [0, 0.1) is 23.2 Å². The van der Waals surface area contributed by atoms with E-state index in [2.05, 4.69) is 18.7 Å². The van der Waals surface area contributed by atoms with Crippen LogP contribution >= 0.6 is 0 Å². The quantitative estimate of drug-likeness (QED) is 0.857. The van der Waals surface area contributed by atoms with E-state index in [0.29, 0.717) is 11.5 Å². The number of piperidine rings is 1. The number of nitrogens with zero attached hydrogens (tertiary/aromatic N) is 1. The lowest BCUT2D eigenvalue weighted by atomic mass is 9.47. The lowest BCUT2D eigenvalue weighted by Gasteiger charge is -2.59. The molecule has 1 heterocycles. The fourth-order valence-electron chi connectivity index (χ4n) is 6.89. The van der Waals surface area contributed by atoms with Crippen LogP contribution in [-0.2, 0) is 0 Å². The second-order valence-corrected chi connectivity index (χ2v) is 9.21. The molecule has 4 saturated carbocycles. The van der Waals surface area contributed by atoms with Crippen molar-refractivity contribution in [2.45, 2.75) is 89.8 Å². The zero-order chi connectivity index (χ0) is 14.6. The fraction of sp³-hybridized carbons (Fsp3) is 1.00. The zero-order valence-electron chi connectivity index (χ0n) is 14.1. The molecule has 0 amide bonds. The standard InChI is InChI=1S/C19H34N2/c1-13-4-3-5-14(2)21(13)12-18(20)19-9-15-6-16(10-19)8-17(7-15)11-19/h13-18H,3-12,20H2,1-2H3/t13-,14+,15?,16?,17?,18?,19?. The van der Waals surface area contributed by atoms with Gasteiger partial charge in [0.2, 0.25) is 0 Å². The minimum Gasteiger partial charge on any atom is -0.326 e. The highest BCUT2D eigenvalue weighted by molar-refractivity contribution is 5.06. The summed E-state index contributed by atoms with van der Waals surface area (Å²) < 4.78 is 0. The molecule has 0 aromatic carbocycles. The summed E-state index contributed by atoms with van der Waals surface area (Å²) in [5, 5.41) is 0. The normalized spacial score (nSPS) is 51.3. The maximum Gasteiger partial charge on any atom is 0.0225 e. The Bertz CT molecular complexity index is 346. The van der Waals surface area contributed by atoms with Gasteiger partial charge in [0.25, 0.3) is 0 Å². The summed E-state index contributed by atoms with van der Waals surface area (Å²) in [6, 6.07) is 1.91. The molecule has 5 fully saturated rings. The predicted molar refractivity (Wildman–Crippen MR) is 88.1 cm³/mol. The Balaban J connectivity index is 1.48. The first kappa shape index (κ1) is 14.5. The van der Waals surface area contributed by atoms with Crippen molar-refractivity contribution in [1.82, 2.24) is 4.90 Å². The van der Waals surface area contributed by atoms with Gasteiger partial charge in [0, 0.05) is 24.7 Å². The molecule has 120 valence electrons. The average Bonchev–Trinajstić information content (AvgIpc) is 2.41. The smallest absolute Gasteiger partial charge is 0.0225 e. The van der Waals surface area contributed by atoms with Gasteiger partial charge < -0.3 is 5.73 Å².